The summed E-state index contributed by atoms with van der Waals surface area (Å²) in [5, 5.41) is 17.4. The van der Waals surface area contributed by atoms with Crippen molar-refractivity contribution in [2.45, 2.75) is 13.3 Å². The highest BCUT2D eigenvalue weighted by Crippen LogP contribution is 2.28. The van der Waals surface area contributed by atoms with Gasteiger partial charge in [-0.1, -0.05) is 11.3 Å². The van der Waals surface area contributed by atoms with Crippen LogP contribution in [0.15, 0.2) is 30.7 Å². The monoisotopic (exact) mass is 262 g/mol. The molecule has 0 saturated carbocycles. The Hall–Kier alpha value is -2.94. The van der Waals surface area contributed by atoms with E-state index in [0.717, 1.165) is 28.3 Å². The molecule has 3 aromatic rings. The van der Waals surface area contributed by atoms with Crippen molar-refractivity contribution in [1.82, 2.24) is 24.5 Å². The van der Waals surface area contributed by atoms with Gasteiger partial charge in [-0.15, -0.1) is 5.10 Å². The molecule has 20 heavy (non-hydrogen) atoms. The molecule has 0 fully saturated rings. The number of benzene rings is 1. The topological polar surface area (TPSA) is 72.3 Å². The second kappa shape index (κ2) is 3.78. The summed E-state index contributed by atoms with van der Waals surface area (Å²) in [6.45, 7) is 2.04. The molecule has 4 rings (SSSR count). The lowest BCUT2D eigenvalue weighted by Crippen LogP contribution is -2.03. The number of aromatic nitrogens is 5. The highest BCUT2D eigenvalue weighted by atomic mass is 15.4. The number of hydrogen-bond donors (Lipinski definition) is 0. The average Bonchev–Trinajstić information content (AvgIpc) is 3.04. The second-order valence-corrected chi connectivity index (χ2v) is 4.83. The van der Waals surface area contributed by atoms with Crippen molar-refractivity contribution in [3.05, 3.63) is 53.4 Å². The number of imidazole rings is 1. The van der Waals surface area contributed by atoms with E-state index >= 15 is 0 Å². The number of nitrogens with zero attached hydrogens (tertiary/aromatic N) is 6. The Kier molecular flexibility index (Phi) is 2.06. The molecule has 0 saturated heterocycles. The fourth-order valence-electron chi connectivity index (χ4n) is 2.60. The third kappa shape index (κ3) is 1.34. The lowest BCUT2D eigenvalue weighted by molar-refractivity contribution is 0.777. The first-order valence-corrected chi connectivity index (χ1v) is 6.25. The van der Waals surface area contributed by atoms with E-state index in [9.17, 15) is 5.26 Å². The van der Waals surface area contributed by atoms with E-state index in [0.29, 0.717) is 12.1 Å². The Bertz CT molecular complexity index is 864. The average molecular weight is 262 g/mol. The zero-order chi connectivity index (χ0) is 13.7. The van der Waals surface area contributed by atoms with E-state index in [1.54, 1.807) is 12.5 Å². The largest absolute Gasteiger partial charge is 0.299 e. The summed E-state index contributed by atoms with van der Waals surface area (Å²) in [6.07, 6.45) is 4.02. The summed E-state index contributed by atoms with van der Waals surface area (Å²) in [4.78, 5) is 4.19. The first kappa shape index (κ1) is 10.9. The SMILES string of the molecule is Cc1ccc2c(c1)-n1nncc1Cc1c(C#N)ncn1-2. The number of fused-ring (bicyclic) bond motifs is 5. The van der Waals surface area contributed by atoms with Crippen molar-refractivity contribution in [3.8, 4) is 17.4 Å². The van der Waals surface area contributed by atoms with E-state index in [1.165, 1.54) is 0 Å². The lowest BCUT2D eigenvalue weighted by Gasteiger charge is -2.10. The van der Waals surface area contributed by atoms with Crippen LogP contribution in [0.3, 0.4) is 0 Å². The third-order valence-electron chi connectivity index (χ3n) is 3.56. The Morgan fingerprint density at radius 3 is 3.05 bits per heavy atom. The van der Waals surface area contributed by atoms with Crippen LogP contribution < -0.4 is 0 Å². The van der Waals surface area contributed by atoms with Gasteiger partial charge in [0.05, 0.1) is 29.0 Å². The quantitative estimate of drug-likeness (QED) is 0.482. The fraction of sp³-hybridized carbons (Fsp3) is 0.143. The zero-order valence-electron chi connectivity index (χ0n) is 10.8. The van der Waals surface area contributed by atoms with Crippen molar-refractivity contribution < 1.29 is 0 Å². The molecule has 1 aromatic carbocycles. The Balaban J connectivity index is 2.12. The standard InChI is InChI=1S/C14H10N6/c1-9-2-3-12-14(4-9)20-10(7-17-18-20)5-13-11(6-15)16-8-19(12)13/h2-4,7-8H,5H2,1H3. The van der Waals surface area contributed by atoms with Crippen molar-refractivity contribution in [1.29, 1.82) is 5.26 Å². The summed E-state index contributed by atoms with van der Waals surface area (Å²) < 4.78 is 3.79. The van der Waals surface area contributed by atoms with Gasteiger partial charge < -0.3 is 0 Å². The van der Waals surface area contributed by atoms with Crippen molar-refractivity contribution >= 4 is 0 Å². The van der Waals surface area contributed by atoms with E-state index in [1.807, 2.05) is 28.3 Å². The Morgan fingerprint density at radius 2 is 2.20 bits per heavy atom. The van der Waals surface area contributed by atoms with Crippen LogP contribution in [-0.2, 0) is 6.42 Å². The normalized spacial score (nSPS) is 12.0. The maximum absolute atomic E-state index is 9.20. The molecule has 1 aliphatic heterocycles. The molecule has 1 aliphatic rings. The summed E-state index contributed by atoms with van der Waals surface area (Å²) in [7, 11) is 0. The van der Waals surface area contributed by atoms with E-state index in [4.69, 9.17) is 0 Å². The molecule has 0 aliphatic carbocycles. The molecule has 2 aromatic heterocycles. The first-order valence-electron chi connectivity index (χ1n) is 6.25. The molecule has 0 N–H and O–H groups in total. The summed E-state index contributed by atoms with van der Waals surface area (Å²) in [5.74, 6) is 0. The summed E-state index contributed by atoms with van der Waals surface area (Å²) in [6, 6.07) is 8.27. The van der Waals surface area contributed by atoms with Crippen molar-refractivity contribution in [2.24, 2.45) is 0 Å². The predicted molar refractivity (Wildman–Crippen MR) is 70.7 cm³/mol. The van der Waals surface area contributed by atoms with Crippen LogP contribution in [0.2, 0.25) is 0 Å². The molecule has 3 heterocycles. The number of nitriles is 1. The smallest absolute Gasteiger partial charge is 0.162 e. The van der Waals surface area contributed by atoms with Gasteiger partial charge >= 0.3 is 0 Å². The minimum absolute atomic E-state index is 0.450. The molecule has 0 bridgehead atoms. The molecule has 0 unspecified atom stereocenters. The first-order chi connectivity index (χ1) is 9.78. The van der Waals surface area contributed by atoms with Gasteiger partial charge in [0.2, 0.25) is 0 Å². The predicted octanol–water partition coefficient (Wildman–Crippen LogP) is 1.54. The van der Waals surface area contributed by atoms with Gasteiger partial charge in [-0.25, -0.2) is 9.67 Å². The highest BCUT2D eigenvalue weighted by Gasteiger charge is 2.22. The maximum atomic E-state index is 9.20. The lowest BCUT2D eigenvalue weighted by atomic mass is 10.2. The molecule has 6 nitrogen and oxygen atoms in total. The van der Waals surface area contributed by atoms with Gasteiger partial charge in [-0.3, -0.25) is 4.57 Å². The van der Waals surface area contributed by atoms with Crippen LogP contribution in [0.4, 0.5) is 0 Å². The second-order valence-electron chi connectivity index (χ2n) is 4.83. The number of rotatable bonds is 0. The van der Waals surface area contributed by atoms with E-state index < -0.39 is 0 Å². The number of aryl methyl sites for hydroxylation is 1. The fourth-order valence-corrected chi connectivity index (χ4v) is 2.60. The van der Waals surface area contributed by atoms with E-state index in [-0.39, 0.29) is 0 Å². The van der Waals surface area contributed by atoms with Crippen molar-refractivity contribution in [2.75, 3.05) is 0 Å². The number of hydrogen-bond acceptors (Lipinski definition) is 4. The van der Waals surface area contributed by atoms with Crippen LogP contribution >= 0.6 is 0 Å². The van der Waals surface area contributed by atoms with Gasteiger partial charge in [-0.2, -0.15) is 5.26 Å². The molecule has 0 spiro atoms. The molecule has 6 heteroatoms. The Morgan fingerprint density at radius 1 is 1.30 bits per heavy atom. The molecule has 96 valence electrons. The van der Waals surface area contributed by atoms with E-state index in [2.05, 4.69) is 27.4 Å². The van der Waals surface area contributed by atoms with Crippen LogP contribution in [0.25, 0.3) is 11.4 Å². The highest BCUT2D eigenvalue weighted by molar-refractivity contribution is 5.57. The Labute approximate surface area is 114 Å². The minimum Gasteiger partial charge on any atom is -0.299 e. The van der Waals surface area contributed by atoms with Crippen molar-refractivity contribution in [3.63, 3.8) is 0 Å². The minimum atomic E-state index is 0.450. The molecular weight excluding hydrogens is 252 g/mol. The van der Waals surface area contributed by atoms with Gasteiger partial charge in [0.15, 0.2) is 5.69 Å². The van der Waals surface area contributed by atoms with Gasteiger partial charge in [0, 0.05) is 6.42 Å². The summed E-state index contributed by atoms with van der Waals surface area (Å²) >= 11 is 0. The van der Waals surface area contributed by atoms with Gasteiger partial charge in [-0.05, 0) is 24.6 Å². The molecule has 0 atom stereocenters. The third-order valence-corrected chi connectivity index (χ3v) is 3.56. The van der Waals surface area contributed by atoms with Crippen LogP contribution in [0.5, 0.6) is 0 Å². The maximum Gasteiger partial charge on any atom is 0.162 e. The molecular formula is C14H10N6. The molecule has 0 radical (unpaired) electrons. The van der Waals surface area contributed by atoms with Gasteiger partial charge in [0.25, 0.3) is 0 Å². The summed E-state index contributed by atoms with van der Waals surface area (Å²) in [5.41, 5.74) is 5.34. The van der Waals surface area contributed by atoms with Crippen LogP contribution in [0, 0.1) is 18.3 Å². The zero-order valence-corrected chi connectivity index (χ0v) is 10.8. The van der Waals surface area contributed by atoms with Crippen LogP contribution in [0.1, 0.15) is 22.6 Å². The van der Waals surface area contributed by atoms with Crippen LogP contribution in [-0.4, -0.2) is 24.5 Å². The van der Waals surface area contributed by atoms with Gasteiger partial charge in [0.1, 0.15) is 12.4 Å². The molecule has 0 amide bonds.